The van der Waals surface area contributed by atoms with E-state index in [0.717, 1.165) is 12.1 Å². The van der Waals surface area contributed by atoms with Crippen LogP contribution in [0.3, 0.4) is 0 Å². The number of hydrogen-bond acceptors (Lipinski definition) is 1. The molecule has 1 aromatic rings. The first-order valence-electron chi connectivity index (χ1n) is 3.84. The van der Waals surface area contributed by atoms with Crippen molar-refractivity contribution in [3.8, 4) is 0 Å². The summed E-state index contributed by atoms with van der Waals surface area (Å²) in [5.74, 6) is -5.96. The van der Waals surface area contributed by atoms with Gasteiger partial charge in [0.25, 0.3) is 5.91 Å². The maximum Gasteiger partial charge on any atom is 0.328 e. The van der Waals surface area contributed by atoms with Crippen molar-refractivity contribution < 1.29 is 18.0 Å². The third-order valence-corrected chi connectivity index (χ3v) is 1.68. The zero-order valence-electron chi connectivity index (χ0n) is 7.14. The van der Waals surface area contributed by atoms with Gasteiger partial charge in [-0.3, -0.25) is 4.79 Å². The molecule has 0 saturated carbocycles. The first-order chi connectivity index (χ1) is 6.42. The third kappa shape index (κ3) is 2.48. The lowest BCUT2D eigenvalue weighted by molar-refractivity contribution is -0.141. The summed E-state index contributed by atoms with van der Waals surface area (Å²) in [6.07, 6.45) is -0.875. The van der Waals surface area contributed by atoms with Gasteiger partial charge in [-0.05, 0) is 17.7 Å². The molecule has 0 spiro atoms. The van der Waals surface area contributed by atoms with Gasteiger partial charge in [0.05, 0.1) is 0 Å². The fourth-order valence-electron chi connectivity index (χ4n) is 0.990. The quantitative estimate of drug-likeness (QED) is 0.794. The Balaban J connectivity index is 2.83. The Morgan fingerprint density at radius 3 is 2.57 bits per heavy atom. The second kappa shape index (κ2) is 3.69. The molecule has 0 bridgehead atoms. The Labute approximate surface area is 78.5 Å². The van der Waals surface area contributed by atoms with E-state index in [1.54, 1.807) is 0 Å². The highest BCUT2D eigenvalue weighted by atomic mass is 19.3. The average Bonchev–Trinajstić information content (AvgIpc) is 2.02. The van der Waals surface area contributed by atoms with Gasteiger partial charge >= 0.3 is 5.92 Å². The summed E-state index contributed by atoms with van der Waals surface area (Å²) in [6.45, 7) is 0. The van der Waals surface area contributed by atoms with Crippen LogP contribution >= 0.6 is 0 Å². The summed E-state index contributed by atoms with van der Waals surface area (Å²) in [4.78, 5) is 10.3. The first-order valence-corrected chi connectivity index (χ1v) is 3.84. The normalized spacial score (nSPS) is 11.4. The largest absolute Gasteiger partial charge is 0.364 e. The summed E-state index contributed by atoms with van der Waals surface area (Å²) in [7, 11) is 0. The van der Waals surface area contributed by atoms with Crippen LogP contribution in [0.15, 0.2) is 24.3 Å². The number of benzene rings is 1. The van der Waals surface area contributed by atoms with Gasteiger partial charge in [-0.25, -0.2) is 4.39 Å². The summed E-state index contributed by atoms with van der Waals surface area (Å²) >= 11 is 0. The minimum Gasteiger partial charge on any atom is -0.364 e. The molecule has 1 rings (SSSR count). The summed E-state index contributed by atoms with van der Waals surface area (Å²) in [6, 6.07) is 4.67. The topological polar surface area (TPSA) is 43.1 Å². The lowest BCUT2D eigenvalue weighted by atomic mass is 10.1. The van der Waals surface area contributed by atoms with Crippen LogP contribution in [0, 0.1) is 5.82 Å². The van der Waals surface area contributed by atoms with Crippen molar-refractivity contribution in [3.05, 3.63) is 35.6 Å². The van der Waals surface area contributed by atoms with E-state index in [0.29, 0.717) is 0 Å². The van der Waals surface area contributed by atoms with E-state index in [-0.39, 0.29) is 5.56 Å². The van der Waals surface area contributed by atoms with Crippen molar-refractivity contribution in [3.63, 3.8) is 0 Å². The molecule has 0 heterocycles. The van der Waals surface area contributed by atoms with Crippen molar-refractivity contribution in [2.24, 2.45) is 5.73 Å². The number of halogens is 3. The molecule has 1 amide bonds. The maximum atomic E-state index is 12.8. The van der Waals surface area contributed by atoms with Gasteiger partial charge in [0, 0.05) is 6.42 Å². The molecule has 5 heteroatoms. The smallest absolute Gasteiger partial charge is 0.328 e. The van der Waals surface area contributed by atoms with Crippen LogP contribution in [0.25, 0.3) is 0 Å². The number of rotatable bonds is 3. The average molecular weight is 203 g/mol. The monoisotopic (exact) mass is 203 g/mol. The molecule has 14 heavy (non-hydrogen) atoms. The van der Waals surface area contributed by atoms with Crippen molar-refractivity contribution >= 4 is 5.91 Å². The number of primary amides is 1. The molecule has 0 unspecified atom stereocenters. The predicted octanol–water partition coefficient (Wildman–Crippen LogP) is 1.49. The number of carbonyl (C=O) groups excluding carboxylic acids is 1. The number of alkyl halides is 2. The zero-order chi connectivity index (χ0) is 10.8. The molecular formula is C9H8F3NO. The van der Waals surface area contributed by atoms with Crippen molar-refractivity contribution in [1.82, 2.24) is 0 Å². The van der Waals surface area contributed by atoms with Crippen molar-refractivity contribution in [1.29, 1.82) is 0 Å². The lowest BCUT2D eigenvalue weighted by Gasteiger charge is -2.11. The van der Waals surface area contributed by atoms with E-state index in [2.05, 4.69) is 5.73 Å². The molecule has 0 aliphatic heterocycles. The highest BCUT2D eigenvalue weighted by Gasteiger charge is 2.36. The van der Waals surface area contributed by atoms with E-state index in [1.807, 2.05) is 0 Å². The fraction of sp³-hybridized carbons (Fsp3) is 0.222. The Morgan fingerprint density at radius 1 is 1.43 bits per heavy atom. The molecule has 2 N–H and O–H groups in total. The first kappa shape index (κ1) is 10.6. The number of nitrogens with two attached hydrogens (primary N) is 1. The van der Waals surface area contributed by atoms with E-state index < -0.39 is 24.1 Å². The van der Waals surface area contributed by atoms with Gasteiger partial charge in [0.15, 0.2) is 0 Å². The van der Waals surface area contributed by atoms with E-state index in [4.69, 9.17) is 0 Å². The van der Waals surface area contributed by atoms with Crippen LogP contribution in [0.4, 0.5) is 13.2 Å². The fourth-order valence-corrected chi connectivity index (χ4v) is 0.990. The number of amides is 1. The predicted molar refractivity (Wildman–Crippen MR) is 44.2 cm³/mol. The Bertz CT molecular complexity index is 352. The molecule has 0 radical (unpaired) electrons. The summed E-state index contributed by atoms with van der Waals surface area (Å²) in [5, 5.41) is 0. The third-order valence-electron chi connectivity index (χ3n) is 1.68. The molecule has 0 fully saturated rings. The van der Waals surface area contributed by atoms with E-state index in [9.17, 15) is 18.0 Å². The van der Waals surface area contributed by atoms with Crippen LogP contribution in [-0.2, 0) is 11.2 Å². The van der Waals surface area contributed by atoms with Crippen LogP contribution in [-0.4, -0.2) is 11.8 Å². The van der Waals surface area contributed by atoms with Crippen molar-refractivity contribution in [2.75, 3.05) is 0 Å². The van der Waals surface area contributed by atoms with Gasteiger partial charge in [-0.15, -0.1) is 0 Å². The van der Waals surface area contributed by atoms with Gasteiger partial charge in [0.2, 0.25) is 0 Å². The lowest BCUT2D eigenvalue weighted by Crippen LogP contribution is -2.37. The van der Waals surface area contributed by atoms with Crippen LogP contribution in [0.5, 0.6) is 0 Å². The SMILES string of the molecule is NC(=O)C(F)(F)Cc1cccc(F)c1. The highest BCUT2D eigenvalue weighted by Crippen LogP contribution is 2.19. The minimum atomic E-state index is -3.63. The molecule has 0 saturated heterocycles. The van der Waals surface area contributed by atoms with E-state index >= 15 is 0 Å². The Hall–Kier alpha value is -1.52. The highest BCUT2D eigenvalue weighted by molar-refractivity contribution is 5.81. The maximum absolute atomic E-state index is 12.8. The standard InChI is InChI=1S/C9H8F3NO/c10-7-3-1-2-6(4-7)5-9(11,12)8(13)14/h1-4H,5H2,(H2,13,14). The number of carbonyl (C=O) groups is 1. The van der Waals surface area contributed by atoms with Crippen LogP contribution in [0.1, 0.15) is 5.56 Å². The second-order valence-electron chi connectivity index (χ2n) is 2.88. The zero-order valence-corrected chi connectivity index (χ0v) is 7.14. The van der Waals surface area contributed by atoms with Gasteiger partial charge in [-0.1, -0.05) is 12.1 Å². The second-order valence-corrected chi connectivity index (χ2v) is 2.88. The molecular weight excluding hydrogens is 195 g/mol. The Morgan fingerprint density at radius 2 is 2.07 bits per heavy atom. The Kier molecular flexibility index (Phi) is 2.78. The summed E-state index contributed by atoms with van der Waals surface area (Å²) in [5.41, 5.74) is 4.51. The van der Waals surface area contributed by atoms with Gasteiger partial charge in [0.1, 0.15) is 5.82 Å². The molecule has 0 atom stereocenters. The van der Waals surface area contributed by atoms with Crippen LogP contribution in [0.2, 0.25) is 0 Å². The molecule has 0 aliphatic rings. The summed E-state index contributed by atoms with van der Waals surface area (Å²) < 4.78 is 38.1. The van der Waals surface area contributed by atoms with Crippen LogP contribution < -0.4 is 5.73 Å². The minimum absolute atomic E-state index is 0.0359. The molecule has 2 nitrogen and oxygen atoms in total. The van der Waals surface area contributed by atoms with Gasteiger partial charge in [-0.2, -0.15) is 8.78 Å². The van der Waals surface area contributed by atoms with Crippen molar-refractivity contribution in [2.45, 2.75) is 12.3 Å². The number of hydrogen-bond donors (Lipinski definition) is 1. The molecule has 0 aromatic heterocycles. The molecule has 76 valence electrons. The molecule has 1 aromatic carbocycles. The molecule has 0 aliphatic carbocycles. The van der Waals surface area contributed by atoms with E-state index in [1.165, 1.54) is 12.1 Å². The van der Waals surface area contributed by atoms with Gasteiger partial charge < -0.3 is 5.73 Å².